The lowest BCUT2D eigenvalue weighted by atomic mass is 9.82. The van der Waals surface area contributed by atoms with E-state index >= 15 is 0 Å². The van der Waals surface area contributed by atoms with Crippen LogP contribution in [0.15, 0.2) is 36.4 Å². The third kappa shape index (κ3) is 16.4. The van der Waals surface area contributed by atoms with Gasteiger partial charge in [0.1, 0.15) is 0 Å². The quantitative estimate of drug-likeness (QED) is 0.0559. The van der Waals surface area contributed by atoms with Crippen LogP contribution in [0.2, 0.25) is 0 Å². The van der Waals surface area contributed by atoms with E-state index in [-0.39, 0.29) is 24.7 Å². The van der Waals surface area contributed by atoms with Gasteiger partial charge in [0, 0.05) is 27.8 Å². The van der Waals surface area contributed by atoms with Crippen LogP contribution in [-0.4, -0.2) is 62.2 Å². The maximum atomic E-state index is 14.0. The molecule has 0 atom stereocenters. The van der Waals surface area contributed by atoms with Crippen molar-refractivity contribution >= 4 is 11.8 Å². The summed E-state index contributed by atoms with van der Waals surface area (Å²) in [5, 5.41) is 6.81. The summed E-state index contributed by atoms with van der Waals surface area (Å²) in [6.07, 6.45) is 10.5. The maximum Gasteiger partial charge on any atom is 0.224 e. The average molecular weight is 729 g/mol. The zero-order valence-corrected chi connectivity index (χ0v) is 32.6. The number of nitrogens with one attached hydrogen (secondary N) is 2. The van der Waals surface area contributed by atoms with Gasteiger partial charge < -0.3 is 45.0 Å². The van der Waals surface area contributed by atoms with E-state index < -0.39 is 11.1 Å². The van der Waals surface area contributed by atoms with Gasteiger partial charge in [-0.3, -0.25) is 9.59 Å². The Labute approximate surface area is 319 Å². The molecule has 0 fully saturated rings. The van der Waals surface area contributed by atoms with Crippen molar-refractivity contribution < 1.29 is 9.59 Å². The number of hydrogen-bond donors (Lipinski definition) is 8. The van der Waals surface area contributed by atoms with E-state index in [9.17, 15) is 9.59 Å². The van der Waals surface area contributed by atoms with Crippen LogP contribution in [0.4, 0.5) is 0 Å². The Morgan fingerprint density at radius 3 is 1.30 bits per heavy atom. The molecule has 0 spiro atoms. The molecule has 14 N–H and O–H groups in total. The monoisotopic (exact) mass is 729 g/mol. The van der Waals surface area contributed by atoms with Gasteiger partial charge in [-0.05, 0) is 172 Å². The molecular formula is C43H68N8O2. The number of carbonyl (C=O) groups excluding carboxylic acids is 2. The number of rotatable bonds is 25. The molecule has 0 aliphatic rings. The topological polar surface area (TPSA) is 214 Å². The molecular weight excluding hydrogens is 661 g/mol. The van der Waals surface area contributed by atoms with Crippen LogP contribution >= 0.6 is 0 Å². The fourth-order valence-electron chi connectivity index (χ4n) is 7.09. The standard InChI is InChI=1S/C43H68N8O2/c1-3-11-36-30-39(33-41(53)51-43(21-8-27-47,22-9-28-48)23-10-29-49)37(17-16-35-14-12-34(2)13-15-35)31-38(36)32-40(52)50-42(19-6-25-45,20-7-26-46)18-4-5-24-44/h12-15,30-31H,4-10,18-29,32-33,44-49H2,1-2H3,(H,50,52)(H,51,53). The molecule has 0 aliphatic carbocycles. The van der Waals surface area contributed by atoms with Crippen molar-refractivity contribution in [1.29, 1.82) is 0 Å². The lowest BCUT2D eigenvalue weighted by molar-refractivity contribution is -0.123. The van der Waals surface area contributed by atoms with Gasteiger partial charge >= 0.3 is 0 Å². The van der Waals surface area contributed by atoms with Crippen molar-refractivity contribution in [2.75, 3.05) is 39.3 Å². The zero-order valence-electron chi connectivity index (χ0n) is 32.6. The van der Waals surface area contributed by atoms with Crippen LogP contribution in [-0.2, 0) is 22.4 Å². The summed E-state index contributed by atoms with van der Waals surface area (Å²) in [6, 6.07) is 11.9. The van der Waals surface area contributed by atoms with Gasteiger partial charge in [0.2, 0.25) is 11.8 Å². The van der Waals surface area contributed by atoms with Crippen molar-refractivity contribution in [2.24, 2.45) is 34.4 Å². The molecule has 0 bridgehead atoms. The molecule has 2 amide bonds. The number of carbonyl (C=O) groups is 2. The van der Waals surface area contributed by atoms with Crippen LogP contribution < -0.4 is 45.0 Å². The van der Waals surface area contributed by atoms with Crippen molar-refractivity contribution in [3.05, 3.63) is 69.8 Å². The van der Waals surface area contributed by atoms with E-state index in [2.05, 4.69) is 34.3 Å². The van der Waals surface area contributed by atoms with Crippen LogP contribution in [0, 0.1) is 30.6 Å². The largest absolute Gasteiger partial charge is 0.350 e. The first-order chi connectivity index (χ1) is 25.6. The van der Waals surface area contributed by atoms with E-state index in [1.807, 2.05) is 43.3 Å². The summed E-state index contributed by atoms with van der Waals surface area (Å²) in [6.45, 7) is 7.08. The van der Waals surface area contributed by atoms with E-state index in [0.717, 1.165) is 106 Å². The highest BCUT2D eigenvalue weighted by Crippen LogP contribution is 2.28. The van der Waals surface area contributed by atoms with Crippen LogP contribution in [0.3, 0.4) is 0 Å². The number of nitrogens with two attached hydrogens (primary N) is 6. The van der Waals surface area contributed by atoms with E-state index in [1.54, 1.807) is 6.92 Å². The summed E-state index contributed by atoms with van der Waals surface area (Å²) in [5.74, 6) is 12.6. The lowest BCUT2D eigenvalue weighted by Crippen LogP contribution is -2.50. The number of hydrogen-bond acceptors (Lipinski definition) is 8. The second kappa shape index (κ2) is 25.3. The smallest absolute Gasteiger partial charge is 0.224 e. The molecule has 53 heavy (non-hydrogen) atoms. The highest BCUT2D eigenvalue weighted by Gasteiger charge is 2.32. The second-order valence-electron chi connectivity index (χ2n) is 14.4. The molecule has 0 aliphatic heterocycles. The summed E-state index contributed by atoms with van der Waals surface area (Å²) in [5.41, 5.74) is 39.5. The fraction of sp³-hybridized carbons (Fsp3) is 0.581. The molecule has 10 heteroatoms. The Hall–Kier alpha value is -3.74. The molecule has 0 heterocycles. The Kier molecular flexibility index (Phi) is 21.7. The minimum absolute atomic E-state index is 0.0981. The lowest BCUT2D eigenvalue weighted by Gasteiger charge is -2.36. The van der Waals surface area contributed by atoms with Crippen molar-refractivity contribution in [2.45, 2.75) is 121 Å². The second-order valence-corrected chi connectivity index (χ2v) is 14.4. The summed E-state index contributed by atoms with van der Waals surface area (Å²) in [4.78, 5) is 27.9. The van der Waals surface area contributed by atoms with Gasteiger partial charge in [-0.25, -0.2) is 0 Å². The van der Waals surface area contributed by atoms with Crippen molar-refractivity contribution in [3.63, 3.8) is 0 Å². The third-order valence-corrected chi connectivity index (χ3v) is 9.90. The van der Waals surface area contributed by atoms with Crippen LogP contribution in [0.25, 0.3) is 0 Å². The Bertz CT molecular complexity index is 1490. The minimum Gasteiger partial charge on any atom is -0.350 e. The van der Waals surface area contributed by atoms with Gasteiger partial charge in [-0.15, -0.1) is 5.92 Å². The SMILES string of the molecule is CC#Cc1cc(CC(=O)NC(CCCN)(CCCN)CCCN)c(C#Cc2ccc(C)cc2)cc1CC(=O)NC(CCCN)(CCCN)CCCCN. The minimum atomic E-state index is -0.447. The Morgan fingerprint density at radius 1 is 0.547 bits per heavy atom. The number of unbranched alkanes of at least 4 members (excludes halogenated alkanes) is 1. The van der Waals surface area contributed by atoms with E-state index in [0.29, 0.717) is 50.4 Å². The molecule has 0 radical (unpaired) electrons. The summed E-state index contributed by atoms with van der Waals surface area (Å²) in [7, 11) is 0. The van der Waals surface area contributed by atoms with Gasteiger partial charge in [-0.1, -0.05) is 35.5 Å². The molecule has 2 aromatic rings. The Morgan fingerprint density at radius 2 is 0.925 bits per heavy atom. The van der Waals surface area contributed by atoms with Gasteiger partial charge in [0.05, 0.1) is 12.8 Å². The fourth-order valence-corrected chi connectivity index (χ4v) is 7.09. The zero-order chi connectivity index (χ0) is 39.0. The van der Waals surface area contributed by atoms with Gasteiger partial charge in [-0.2, -0.15) is 0 Å². The van der Waals surface area contributed by atoms with Gasteiger partial charge in [0.25, 0.3) is 0 Å². The molecule has 0 unspecified atom stereocenters. The molecule has 0 aromatic heterocycles. The highest BCUT2D eigenvalue weighted by molar-refractivity contribution is 5.82. The number of amides is 2. The number of benzene rings is 2. The first kappa shape index (κ1) is 45.4. The normalized spacial score (nSPS) is 11.3. The molecule has 0 saturated carbocycles. The van der Waals surface area contributed by atoms with Gasteiger partial charge in [0.15, 0.2) is 0 Å². The van der Waals surface area contributed by atoms with Crippen LogP contribution in [0.1, 0.15) is 124 Å². The maximum absolute atomic E-state index is 14.0. The molecule has 292 valence electrons. The van der Waals surface area contributed by atoms with Crippen molar-refractivity contribution in [3.8, 4) is 23.7 Å². The van der Waals surface area contributed by atoms with Crippen LogP contribution in [0.5, 0.6) is 0 Å². The van der Waals surface area contributed by atoms with E-state index in [4.69, 9.17) is 34.4 Å². The first-order valence-electron chi connectivity index (χ1n) is 19.6. The Balaban J connectivity index is 2.60. The van der Waals surface area contributed by atoms with Crippen molar-refractivity contribution in [1.82, 2.24) is 10.6 Å². The third-order valence-electron chi connectivity index (χ3n) is 9.90. The molecule has 0 saturated heterocycles. The molecule has 10 nitrogen and oxygen atoms in total. The first-order valence-corrected chi connectivity index (χ1v) is 19.6. The summed E-state index contributed by atoms with van der Waals surface area (Å²) >= 11 is 0. The molecule has 2 rings (SSSR count). The predicted octanol–water partition coefficient (Wildman–Crippen LogP) is 3.38. The highest BCUT2D eigenvalue weighted by atomic mass is 16.2. The molecule has 2 aromatic carbocycles. The predicted molar refractivity (Wildman–Crippen MR) is 220 cm³/mol. The average Bonchev–Trinajstić information content (AvgIpc) is 3.14. The number of aryl methyl sites for hydroxylation is 1. The summed E-state index contributed by atoms with van der Waals surface area (Å²) < 4.78 is 0. The van der Waals surface area contributed by atoms with E-state index in [1.165, 1.54) is 0 Å².